The van der Waals surface area contributed by atoms with E-state index in [0.29, 0.717) is 12.1 Å². The fraction of sp³-hybridized carbons (Fsp3) is 0.286. The molecule has 1 aromatic carbocycles. The molecule has 3 heterocycles. The molecule has 1 unspecified atom stereocenters. The monoisotopic (exact) mass is 364 g/mol. The summed E-state index contributed by atoms with van der Waals surface area (Å²) in [4.78, 5) is 19.5. The van der Waals surface area contributed by atoms with E-state index >= 15 is 0 Å². The van der Waals surface area contributed by atoms with Crippen molar-refractivity contribution in [3.8, 4) is 11.1 Å². The Balaban J connectivity index is 1.67. The van der Waals surface area contributed by atoms with Crippen LogP contribution in [0.15, 0.2) is 48.8 Å². The van der Waals surface area contributed by atoms with Crippen LogP contribution in [0.3, 0.4) is 0 Å². The lowest BCUT2D eigenvalue weighted by atomic mass is 10.0. The molecule has 6 heteroatoms. The summed E-state index contributed by atoms with van der Waals surface area (Å²) < 4.78 is 14.9. The van der Waals surface area contributed by atoms with E-state index in [1.165, 1.54) is 12.1 Å². The highest BCUT2D eigenvalue weighted by molar-refractivity contribution is 5.94. The van der Waals surface area contributed by atoms with Gasteiger partial charge in [-0.15, -0.1) is 0 Å². The summed E-state index contributed by atoms with van der Waals surface area (Å²) in [5, 5.41) is 4.10. The Morgan fingerprint density at radius 1 is 1.19 bits per heavy atom. The number of halogens is 1. The molecule has 1 aliphatic heterocycles. The first-order valence-corrected chi connectivity index (χ1v) is 9.05. The van der Waals surface area contributed by atoms with Gasteiger partial charge in [-0.1, -0.05) is 12.1 Å². The predicted molar refractivity (Wildman–Crippen MR) is 101 cm³/mol. The fourth-order valence-corrected chi connectivity index (χ4v) is 3.69. The van der Waals surface area contributed by atoms with E-state index in [0.717, 1.165) is 35.4 Å². The number of aromatic nitrogens is 3. The number of carbonyl (C=O) groups excluding carboxylic acids is 1. The summed E-state index contributed by atoms with van der Waals surface area (Å²) in [5.74, 6) is -0.272. The summed E-state index contributed by atoms with van der Waals surface area (Å²) in [7, 11) is 1.80. The lowest BCUT2D eigenvalue weighted by Crippen LogP contribution is -2.30. The van der Waals surface area contributed by atoms with Crippen LogP contribution >= 0.6 is 0 Å². The van der Waals surface area contributed by atoms with Gasteiger partial charge in [-0.25, -0.2) is 4.39 Å². The van der Waals surface area contributed by atoms with E-state index in [4.69, 9.17) is 4.98 Å². The van der Waals surface area contributed by atoms with Crippen LogP contribution in [0, 0.1) is 12.7 Å². The molecular formula is C21H21FN4O. The topological polar surface area (TPSA) is 51.0 Å². The van der Waals surface area contributed by atoms with Crippen molar-refractivity contribution in [3.05, 3.63) is 71.6 Å². The minimum Gasteiger partial charge on any atom is -0.330 e. The standard InChI is InChI=1S/C21H21FN4O/c1-14-10-16(15-5-7-18(22)8-6-15)11-19(24-14)20-4-3-9-26(20)21(27)17-12-23-25(2)13-17/h5-8,10-13,20H,3-4,9H2,1-2H3. The maximum absolute atomic E-state index is 13.2. The number of likely N-dealkylation sites (tertiary alicyclic amines) is 1. The normalized spacial score (nSPS) is 16.7. The zero-order valence-corrected chi connectivity index (χ0v) is 15.4. The molecule has 1 aliphatic rings. The van der Waals surface area contributed by atoms with E-state index in [1.807, 2.05) is 24.0 Å². The van der Waals surface area contributed by atoms with Gasteiger partial charge < -0.3 is 4.90 Å². The summed E-state index contributed by atoms with van der Waals surface area (Å²) in [6.45, 7) is 2.65. The minimum atomic E-state index is -0.256. The van der Waals surface area contributed by atoms with Crippen molar-refractivity contribution in [1.82, 2.24) is 19.7 Å². The van der Waals surface area contributed by atoms with Crippen molar-refractivity contribution >= 4 is 5.91 Å². The van der Waals surface area contributed by atoms with E-state index in [1.54, 1.807) is 36.3 Å². The number of aryl methyl sites for hydroxylation is 2. The second-order valence-electron chi connectivity index (χ2n) is 6.99. The Bertz CT molecular complexity index is 980. The summed E-state index contributed by atoms with van der Waals surface area (Å²) in [5.41, 5.74) is 4.27. The van der Waals surface area contributed by atoms with Crippen LogP contribution in [0.1, 0.15) is 40.6 Å². The van der Waals surface area contributed by atoms with Gasteiger partial charge in [-0.05, 0) is 55.2 Å². The van der Waals surface area contributed by atoms with Crippen LogP contribution in [-0.4, -0.2) is 32.1 Å². The first-order valence-electron chi connectivity index (χ1n) is 9.05. The number of pyridine rings is 1. The second-order valence-corrected chi connectivity index (χ2v) is 6.99. The molecule has 1 saturated heterocycles. The smallest absolute Gasteiger partial charge is 0.257 e. The van der Waals surface area contributed by atoms with Crippen LogP contribution in [0.25, 0.3) is 11.1 Å². The van der Waals surface area contributed by atoms with Crippen molar-refractivity contribution in [3.63, 3.8) is 0 Å². The van der Waals surface area contributed by atoms with Gasteiger partial charge in [-0.3, -0.25) is 14.5 Å². The molecule has 1 atom stereocenters. The fourth-order valence-electron chi connectivity index (χ4n) is 3.69. The first kappa shape index (κ1) is 17.4. The maximum Gasteiger partial charge on any atom is 0.257 e. The third-order valence-electron chi connectivity index (χ3n) is 4.96. The van der Waals surface area contributed by atoms with Gasteiger partial charge in [0.1, 0.15) is 5.82 Å². The van der Waals surface area contributed by atoms with Crippen LogP contribution < -0.4 is 0 Å². The van der Waals surface area contributed by atoms with E-state index < -0.39 is 0 Å². The zero-order chi connectivity index (χ0) is 19.0. The molecule has 138 valence electrons. The van der Waals surface area contributed by atoms with Crippen molar-refractivity contribution in [2.24, 2.45) is 7.05 Å². The molecule has 1 amide bonds. The van der Waals surface area contributed by atoms with Gasteiger partial charge in [0.2, 0.25) is 0 Å². The highest BCUT2D eigenvalue weighted by Crippen LogP contribution is 2.34. The lowest BCUT2D eigenvalue weighted by molar-refractivity contribution is 0.0732. The van der Waals surface area contributed by atoms with Crippen molar-refractivity contribution < 1.29 is 9.18 Å². The molecule has 0 spiro atoms. The molecule has 0 aliphatic carbocycles. The predicted octanol–water partition coefficient (Wildman–Crippen LogP) is 3.91. The zero-order valence-electron chi connectivity index (χ0n) is 15.4. The van der Waals surface area contributed by atoms with Crippen LogP contribution in [0.2, 0.25) is 0 Å². The van der Waals surface area contributed by atoms with Gasteiger partial charge >= 0.3 is 0 Å². The number of nitrogens with zero attached hydrogens (tertiary/aromatic N) is 4. The SMILES string of the molecule is Cc1cc(-c2ccc(F)cc2)cc(C2CCCN2C(=O)c2cnn(C)c2)n1. The van der Waals surface area contributed by atoms with E-state index in [-0.39, 0.29) is 17.8 Å². The summed E-state index contributed by atoms with van der Waals surface area (Å²) in [6, 6.07) is 10.4. The average Bonchev–Trinajstić information content (AvgIpc) is 3.30. The molecule has 2 aromatic heterocycles. The second kappa shape index (κ2) is 6.95. The van der Waals surface area contributed by atoms with Gasteiger partial charge in [0.25, 0.3) is 5.91 Å². The van der Waals surface area contributed by atoms with Crippen molar-refractivity contribution in [1.29, 1.82) is 0 Å². The Morgan fingerprint density at radius 2 is 1.96 bits per heavy atom. The number of carbonyl (C=O) groups is 1. The number of hydrogen-bond acceptors (Lipinski definition) is 3. The maximum atomic E-state index is 13.2. The highest BCUT2D eigenvalue weighted by Gasteiger charge is 2.32. The summed E-state index contributed by atoms with van der Waals surface area (Å²) >= 11 is 0. The van der Waals surface area contributed by atoms with Gasteiger partial charge in [0.05, 0.1) is 23.5 Å². The number of hydrogen-bond donors (Lipinski definition) is 0. The molecule has 27 heavy (non-hydrogen) atoms. The van der Waals surface area contributed by atoms with Crippen molar-refractivity contribution in [2.45, 2.75) is 25.8 Å². The summed E-state index contributed by atoms with van der Waals surface area (Å²) in [6.07, 6.45) is 5.17. The molecule has 4 rings (SSSR count). The van der Waals surface area contributed by atoms with E-state index in [2.05, 4.69) is 5.10 Å². The number of benzene rings is 1. The van der Waals surface area contributed by atoms with Crippen LogP contribution in [0.5, 0.6) is 0 Å². The third-order valence-corrected chi connectivity index (χ3v) is 4.96. The molecule has 1 fully saturated rings. The minimum absolute atomic E-state index is 0.0164. The number of rotatable bonds is 3. The molecule has 0 bridgehead atoms. The Morgan fingerprint density at radius 3 is 2.67 bits per heavy atom. The van der Waals surface area contributed by atoms with E-state index in [9.17, 15) is 9.18 Å². The molecule has 5 nitrogen and oxygen atoms in total. The Labute approximate surface area is 157 Å². The average molecular weight is 364 g/mol. The van der Waals surface area contributed by atoms with Crippen LogP contribution in [0.4, 0.5) is 4.39 Å². The largest absolute Gasteiger partial charge is 0.330 e. The molecule has 0 saturated carbocycles. The molecular weight excluding hydrogens is 343 g/mol. The van der Waals surface area contributed by atoms with Gasteiger partial charge in [0.15, 0.2) is 0 Å². The number of amides is 1. The highest BCUT2D eigenvalue weighted by atomic mass is 19.1. The quantitative estimate of drug-likeness (QED) is 0.708. The molecule has 3 aromatic rings. The van der Waals surface area contributed by atoms with Gasteiger partial charge in [0, 0.05) is 25.5 Å². The van der Waals surface area contributed by atoms with Crippen LogP contribution in [-0.2, 0) is 7.05 Å². The Kier molecular flexibility index (Phi) is 4.48. The molecule has 0 N–H and O–H groups in total. The molecule has 0 radical (unpaired) electrons. The Hall–Kier alpha value is -3.02. The van der Waals surface area contributed by atoms with Gasteiger partial charge in [-0.2, -0.15) is 5.10 Å². The van der Waals surface area contributed by atoms with Crippen molar-refractivity contribution in [2.75, 3.05) is 6.54 Å². The first-order chi connectivity index (χ1) is 13.0. The lowest BCUT2D eigenvalue weighted by Gasteiger charge is -2.24. The third kappa shape index (κ3) is 3.47.